The molecule has 0 aliphatic carbocycles. The Morgan fingerprint density at radius 3 is 2.39 bits per heavy atom. The molecule has 0 saturated heterocycles. The molecule has 7 heteroatoms. The maximum absolute atomic E-state index is 13.4. The molecule has 23 heavy (non-hydrogen) atoms. The number of para-hydroxylation sites is 2. The Morgan fingerprint density at radius 1 is 1.00 bits per heavy atom. The van der Waals surface area contributed by atoms with Crippen LogP contribution in [0, 0.1) is 0 Å². The van der Waals surface area contributed by atoms with Gasteiger partial charge in [0.05, 0.1) is 30.9 Å². The highest BCUT2D eigenvalue weighted by Crippen LogP contribution is 2.37. The molecule has 1 aromatic heterocycles. The summed E-state index contributed by atoms with van der Waals surface area (Å²) in [6.45, 7) is 0. The molecular formula is C16H13F3N2O2. The maximum atomic E-state index is 13.4. The number of aromatic nitrogens is 2. The Hall–Kier alpha value is -2.70. The van der Waals surface area contributed by atoms with Crippen LogP contribution in [-0.4, -0.2) is 23.8 Å². The highest BCUT2D eigenvalue weighted by atomic mass is 19.4. The van der Waals surface area contributed by atoms with Crippen LogP contribution in [0.4, 0.5) is 13.2 Å². The number of hydrogen-bond acceptors (Lipinski definition) is 3. The van der Waals surface area contributed by atoms with E-state index in [4.69, 9.17) is 9.47 Å². The number of imidazole rings is 1. The first kappa shape index (κ1) is 15.2. The first-order valence-electron chi connectivity index (χ1n) is 6.73. The van der Waals surface area contributed by atoms with Gasteiger partial charge in [0, 0.05) is 6.07 Å². The van der Waals surface area contributed by atoms with Crippen LogP contribution < -0.4 is 9.47 Å². The molecule has 0 N–H and O–H groups in total. The Balaban J connectivity index is 2.37. The molecule has 2 aromatic carbocycles. The second-order valence-corrected chi connectivity index (χ2v) is 4.80. The fourth-order valence-corrected chi connectivity index (χ4v) is 2.44. The van der Waals surface area contributed by atoms with Gasteiger partial charge in [-0.1, -0.05) is 12.1 Å². The van der Waals surface area contributed by atoms with Gasteiger partial charge in [0.2, 0.25) is 5.82 Å². The lowest BCUT2D eigenvalue weighted by Gasteiger charge is -2.14. The molecule has 0 saturated carbocycles. The summed E-state index contributed by atoms with van der Waals surface area (Å²) < 4.78 is 51.6. The maximum Gasteiger partial charge on any atom is 0.450 e. The number of alkyl halides is 3. The number of halogens is 3. The average molecular weight is 322 g/mol. The van der Waals surface area contributed by atoms with E-state index >= 15 is 0 Å². The standard InChI is InChI=1S/C16H13F3N2O2/c1-22-10-7-8-12-11(9-10)20-15(16(17,18)19)21(12)13-5-3-4-6-14(13)23-2/h3-9H,1-2H3. The molecule has 4 nitrogen and oxygen atoms in total. The lowest BCUT2D eigenvalue weighted by Crippen LogP contribution is -2.14. The van der Waals surface area contributed by atoms with E-state index in [2.05, 4.69) is 4.98 Å². The lowest BCUT2D eigenvalue weighted by molar-refractivity contribution is -0.145. The Morgan fingerprint density at radius 2 is 1.74 bits per heavy atom. The van der Waals surface area contributed by atoms with Crippen LogP contribution in [0.1, 0.15) is 5.82 Å². The summed E-state index contributed by atoms with van der Waals surface area (Å²) in [6.07, 6.45) is -4.60. The molecule has 0 aliphatic heterocycles. The number of rotatable bonds is 3. The smallest absolute Gasteiger partial charge is 0.450 e. The molecule has 0 amide bonds. The largest absolute Gasteiger partial charge is 0.497 e. The number of methoxy groups -OCH3 is 2. The summed E-state index contributed by atoms with van der Waals surface area (Å²) >= 11 is 0. The number of benzene rings is 2. The van der Waals surface area contributed by atoms with Gasteiger partial charge in [-0.25, -0.2) is 4.98 Å². The van der Waals surface area contributed by atoms with Gasteiger partial charge >= 0.3 is 6.18 Å². The highest BCUT2D eigenvalue weighted by Gasteiger charge is 2.38. The third-order valence-corrected chi connectivity index (χ3v) is 3.44. The van der Waals surface area contributed by atoms with Crippen molar-refractivity contribution < 1.29 is 22.6 Å². The predicted octanol–water partition coefficient (Wildman–Crippen LogP) is 4.06. The molecule has 0 aliphatic rings. The van der Waals surface area contributed by atoms with E-state index < -0.39 is 12.0 Å². The van der Waals surface area contributed by atoms with E-state index in [0.717, 1.165) is 4.57 Å². The van der Waals surface area contributed by atoms with E-state index in [1.807, 2.05) is 0 Å². The summed E-state index contributed by atoms with van der Waals surface area (Å²) in [5, 5.41) is 0. The van der Waals surface area contributed by atoms with E-state index in [0.29, 0.717) is 17.0 Å². The normalized spacial score (nSPS) is 11.7. The molecule has 3 rings (SSSR count). The predicted molar refractivity (Wildman–Crippen MR) is 79.2 cm³/mol. The summed E-state index contributed by atoms with van der Waals surface area (Å²) in [6, 6.07) is 11.1. The molecule has 120 valence electrons. The fraction of sp³-hybridized carbons (Fsp3) is 0.188. The van der Waals surface area contributed by atoms with Crippen LogP contribution in [0.3, 0.4) is 0 Å². The Labute approximate surface area is 130 Å². The van der Waals surface area contributed by atoms with Crippen molar-refractivity contribution in [3.63, 3.8) is 0 Å². The third-order valence-electron chi connectivity index (χ3n) is 3.44. The minimum atomic E-state index is -4.60. The topological polar surface area (TPSA) is 36.3 Å². The zero-order chi connectivity index (χ0) is 16.6. The summed E-state index contributed by atoms with van der Waals surface area (Å²) in [4.78, 5) is 3.75. The van der Waals surface area contributed by atoms with Crippen LogP contribution in [-0.2, 0) is 6.18 Å². The van der Waals surface area contributed by atoms with Gasteiger partial charge in [0.25, 0.3) is 0 Å². The van der Waals surface area contributed by atoms with Crippen LogP contribution in [0.15, 0.2) is 42.5 Å². The molecule has 0 fully saturated rings. The van der Waals surface area contributed by atoms with E-state index in [9.17, 15) is 13.2 Å². The number of hydrogen-bond donors (Lipinski definition) is 0. The summed E-state index contributed by atoms with van der Waals surface area (Å²) in [5.41, 5.74) is 0.792. The minimum Gasteiger partial charge on any atom is -0.497 e. The van der Waals surface area contributed by atoms with E-state index in [1.165, 1.54) is 20.3 Å². The third kappa shape index (κ3) is 2.58. The lowest BCUT2D eigenvalue weighted by atomic mass is 10.2. The Kier molecular flexibility index (Phi) is 3.63. The summed E-state index contributed by atoms with van der Waals surface area (Å²) in [5.74, 6) is -0.241. The van der Waals surface area contributed by atoms with Gasteiger partial charge in [-0.2, -0.15) is 13.2 Å². The molecule has 0 unspecified atom stereocenters. The zero-order valence-corrected chi connectivity index (χ0v) is 12.4. The zero-order valence-electron chi connectivity index (χ0n) is 12.4. The summed E-state index contributed by atoms with van der Waals surface area (Å²) in [7, 11) is 2.86. The molecular weight excluding hydrogens is 309 g/mol. The molecule has 1 heterocycles. The van der Waals surface area contributed by atoms with Crippen LogP contribution >= 0.6 is 0 Å². The number of fused-ring (bicyclic) bond motifs is 1. The minimum absolute atomic E-state index is 0.197. The first-order valence-corrected chi connectivity index (χ1v) is 6.73. The number of nitrogens with zero attached hydrogens (tertiary/aromatic N) is 2. The molecule has 0 radical (unpaired) electrons. The van der Waals surface area contributed by atoms with Gasteiger partial charge < -0.3 is 9.47 Å². The highest BCUT2D eigenvalue weighted by molar-refractivity contribution is 5.80. The first-order chi connectivity index (χ1) is 11.0. The van der Waals surface area contributed by atoms with Gasteiger partial charge in [0.1, 0.15) is 11.5 Å². The van der Waals surface area contributed by atoms with E-state index in [-0.39, 0.29) is 11.2 Å². The van der Waals surface area contributed by atoms with Crippen molar-refractivity contribution in [1.82, 2.24) is 9.55 Å². The van der Waals surface area contributed by atoms with Crippen molar-refractivity contribution in [2.24, 2.45) is 0 Å². The molecule has 0 atom stereocenters. The van der Waals surface area contributed by atoms with Crippen molar-refractivity contribution >= 4 is 11.0 Å². The van der Waals surface area contributed by atoms with Crippen molar-refractivity contribution in [3.05, 3.63) is 48.3 Å². The van der Waals surface area contributed by atoms with Gasteiger partial charge in [0.15, 0.2) is 0 Å². The quantitative estimate of drug-likeness (QED) is 0.729. The second kappa shape index (κ2) is 5.49. The number of ether oxygens (including phenoxy) is 2. The van der Waals surface area contributed by atoms with Gasteiger partial charge in [-0.3, -0.25) is 4.57 Å². The fourth-order valence-electron chi connectivity index (χ4n) is 2.44. The average Bonchev–Trinajstić information content (AvgIpc) is 2.93. The SMILES string of the molecule is COc1ccc2c(c1)nc(C(F)(F)F)n2-c1ccccc1OC. The Bertz CT molecular complexity index is 856. The molecule has 0 bridgehead atoms. The van der Waals surface area contributed by atoms with Crippen molar-refractivity contribution in [2.75, 3.05) is 14.2 Å². The molecule has 0 spiro atoms. The van der Waals surface area contributed by atoms with Crippen LogP contribution in [0.5, 0.6) is 11.5 Å². The van der Waals surface area contributed by atoms with E-state index in [1.54, 1.807) is 36.4 Å². The monoisotopic (exact) mass is 322 g/mol. The van der Waals surface area contributed by atoms with Gasteiger partial charge in [-0.15, -0.1) is 0 Å². The van der Waals surface area contributed by atoms with Crippen molar-refractivity contribution in [2.45, 2.75) is 6.18 Å². The van der Waals surface area contributed by atoms with Crippen molar-refractivity contribution in [3.8, 4) is 17.2 Å². The van der Waals surface area contributed by atoms with Crippen molar-refractivity contribution in [1.29, 1.82) is 0 Å². The van der Waals surface area contributed by atoms with Crippen LogP contribution in [0.25, 0.3) is 16.7 Å². The molecule has 3 aromatic rings. The van der Waals surface area contributed by atoms with Gasteiger partial charge in [-0.05, 0) is 24.3 Å². The van der Waals surface area contributed by atoms with Crippen LogP contribution in [0.2, 0.25) is 0 Å². The second-order valence-electron chi connectivity index (χ2n) is 4.80.